The average molecular weight is 299 g/mol. The summed E-state index contributed by atoms with van der Waals surface area (Å²) in [6, 6.07) is 11.2. The van der Waals surface area contributed by atoms with Crippen LogP contribution >= 0.6 is 0 Å². The molecule has 0 aliphatic heterocycles. The summed E-state index contributed by atoms with van der Waals surface area (Å²) in [5.41, 5.74) is 3.19. The topological polar surface area (TPSA) is 46.2 Å². The van der Waals surface area contributed by atoms with E-state index in [1.54, 1.807) is 6.07 Å². The largest absolute Gasteiger partial charge is 0.326 e. The highest BCUT2D eigenvalue weighted by molar-refractivity contribution is 6.00. The quantitative estimate of drug-likeness (QED) is 0.847. The molecule has 2 aromatic rings. The molecule has 114 valence electrons. The van der Waals surface area contributed by atoms with Crippen LogP contribution in [0.25, 0.3) is 0 Å². The highest BCUT2D eigenvalue weighted by atomic mass is 19.1. The van der Waals surface area contributed by atoms with Gasteiger partial charge in [0.2, 0.25) is 5.91 Å². The number of benzene rings is 2. The van der Waals surface area contributed by atoms with Gasteiger partial charge >= 0.3 is 0 Å². The maximum absolute atomic E-state index is 12.8. The van der Waals surface area contributed by atoms with E-state index < -0.39 is 0 Å². The zero-order valence-electron chi connectivity index (χ0n) is 12.7. The highest BCUT2D eigenvalue weighted by Crippen LogP contribution is 2.14. The van der Waals surface area contributed by atoms with E-state index in [4.69, 9.17) is 0 Å². The summed E-state index contributed by atoms with van der Waals surface area (Å²) >= 11 is 0. The first-order valence-electron chi connectivity index (χ1n) is 7.11. The molecule has 0 saturated heterocycles. The van der Waals surface area contributed by atoms with Crippen molar-refractivity contribution in [2.45, 2.75) is 26.7 Å². The van der Waals surface area contributed by atoms with Gasteiger partial charge < -0.3 is 5.32 Å². The number of halogens is 1. The van der Waals surface area contributed by atoms with E-state index in [-0.39, 0.29) is 30.3 Å². The van der Waals surface area contributed by atoms with Crippen molar-refractivity contribution in [1.82, 2.24) is 0 Å². The summed E-state index contributed by atoms with van der Waals surface area (Å²) in [5.74, 6) is -0.667. The Kier molecular flexibility index (Phi) is 5.04. The number of carbonyl (C=O) groups is 2. The molecule has 1 N–H and O–H groups in total. The smallest absolute Gasteiger partial charge is 0.224 e. The van der Waals surface area contributed by atoms with Crippen molar-refractivity contribution in [2.75, 3.05) is 5.32 Å². The lowest BCUT2D eigenvalue weighted by molar-refractivity contribution is -0.116. The van der Waals surface area contributed by atoms with Crippen LogP contribution in [-0.2, 0) is 4.79 Å². The molecule has 0 saturated carbocycles. The molecule has 2 aromatic carbocycles. The highest BCUT2D eigenvalue weighted by Gasteiger charge is 2.11. The molecule has 3 nitrogen and oxygen atoms in total. The van der Waals surface area contributed by atoms with Crippen LogP contribution in [0.15, 0.2) is 42.5 Å². The SMILES string of the molecule is Cc1ccc(C(=O)CCC(=O)Nc2ccc(F)cc2)c(C)c1. The van der Waals surface area contributed by atoms with Crippen molar-refractivity contribution in [3.8, 4) is 0 Å². The van der Waals surface area contributed by atoms with Gasteiger partial charge in [-0.2, -0.15) is 0 Å². The monoisotopic (exact) mass is 299 g/mol. The molecule has 22 heavy (non-hydrogen) atoms. The number of carbonyl (C=O) groups excluding carboxylic acids is 2. The molecule has 0 fully saturated rings. The van der Waals surface area contributed by atoms with Crippen LogP contribution in [0.5, 0.6) is 0 Å². The summed E-state index contributed by atoms with van der Waals surface area (Å²) < 4.78 is 12.8. The third kappa shape index (κ3) is 4.25. The second kappa shape index (κ2) is 6.98. The van der Waals surface area contributed by atoms with Gasteiger partial charge in [0.15, 0.2) is 5.78 Å². The number of aryl methyl sites for hydroxylation is 2. The Hall–Kier alpha value is -2.49. The van der Waals surface area contributed by atoms with E-state index in [1.807, 2.05) is 26.0 Å². The summed E-state index contributed by atoms with van der Waals surface area (Å²) in [7, 11) is 0. The Morgan fingerprint density at radius 1 is 1.00 bits per heavy atom. The predicted molar refractivity (Wildman–Crippen MR) is 84.5 cm³/mol. The Morgan fingerprint density at radius 2 is 1.68 bits per heavy atom. The van der Waals surface area contributed by atoms with Crippen molar-refractivity contribution in [1.29, 1.82) is 0 Å². The summed E-state index contributed by atoms with van der Waals surface area (Å²) in [6.07, 6.45) is 0.250. The minimum absolute atomic E-state index is 0.0493. The average Bonchev–Trinajstić information content (AvgIpc) is 2.47. The normalized spacial score (nSPS) is 10.3. The number of nitrogens with one attached hydrogen (secondary N) is 1. The molecule has 4 heteroatoms. The molecule has 0 heterocycles. The van der Waals surface area contributed by atoms with Crippen LogP contribution in [0.1, 0.15) is 34.3 Å². The van der Waals surface area contributed by atoms with Crippen molar-refractivity contribution in [3.05, 3.63) is 65.0 Å². The lowest BCUT2D eigenvalue weighted by atomic mass is 9.99. The second-order valence-corrected chi connectivity index (χ2v) is 5.30. The van der Waals surface area contributed by atoms with E-state index >= 15 is 0 Å². The van der Waals surface area contributed by atoms with Crippen molar-refractivity contribution in [3.63, 3.8) is 0 Å². The zero-order valence-corrected chi connectivity index (χ0v) is 12.7. The van der Waals surface area contributed by atoms with Gasteiger partial charge in [-0.25, -0.2) is 4.39 Å². The molecule has 0 spiro atoms. The first kappa shape index (κ1) is 15.9. The number of amides is 1. The van der Waals surface area contributed by atoms with Crippen molar-refractivity contribution >= 4 is 17.4 Å². The maximum atomic E-state index is 12.8. The van der Waals surface area contributed by atoms with Crippen molar-refractivity contribution < 1.29 is 14.0 Å². The summed E-state index contributed by atoms with van der Waals surface area (Å²) in [6.45, 7) is 3.86. The Balaban J connectivity index is 1.90. The van der Waals surface area contributed by atoms with Gasteiger partial charge in [-0.05, 0) is 43.7 Å². The molecule has 0 atom stereocenters. The number of Topliss-reactive ketones (excluding diaryl/α,β-unsaturated/α-hetero) is 1. The Labute approximate surface area is 129 Å². The van der Waals surface area contributed by atoms with Gasteiger partial charge in [-0.15, -0.1) is 0 Å². The fraction of sp³-hybridized carbons (Fsp3) is 0.222. The van der Waals surface area contributed by atoms with Gasteiger partial charge in [-0.3, -0.25) is 9.59 Å². The molecule has 0 bridgehead atoms. The zero-order chi connectivity index (χ0) is 16.1. The molecule has 1 amide bonds. The predicted octanol–water partition coefficient (Wildman–Crippen LogP) is 4.04. The fourth-order valence-electron chi connectivity index (χ4n) is 2.24. The van der Waals surface area contributed by atoms with Crippen molar-refractivity contribution in [2.24, 2.45) is 0 Å². The van der Waals surface area contributed by atoms with Crippen LogP contribution in [0.2, 0.25) is 0 Å². The van der Waals surface area contributed by atoms with E-state index in [2.05, 4.69) is 5.32 Å². The van der Waals surface area contributed by atoms with Crippen LogP contribution < -0.4 is 5.32 Å². The Bertz CT molecular complexity index is 693. The molecule has 0 aromatic heterocycles. The third-order valence-corrected chi connectivity index (χ3v) is 3.39. The van der Waals surface area contributed by atoms with Crippen LogP contribution in [0.3, 0.4) is 0 Å². The standard InChI is InChI=1S/C18H18FNO2/c1-12-3-8-16(13(2)11-12)17(21)9-10-18(22)20-15-6-4-14(19)5-7-15/h3-8,11H,9-10H2,1-2H3,(H,20,22). The number of hydrogen-bond donors (Lipinski definition) is 1. The van der Waals surface area contributed by atoms with Gasteiger partial charge in [0.25, 0.3) is 0 Å². The molecule has 0 aliphatic rings. The second-order valence-electron chi connectivity index (χ2n) is 5.30. The van der Waals surface area contributed by atoms with Crippen LogP contribution in [0.4, 0.5) is 10.1 Å². The van der Waals surface area contributed by atoms with E-state index in [1.165, 1.54) is 24.3 Å². The van der Waals surface area contributed by atoms with E-state index in [9.17, 15) is 14.0 Å². The first-order chi connectivity index (χ1) is 10.5. The fourth-order valence-corrected chi connectivity index (χ4v) is 2.24. The van der Waals surface area contributed by atoms with Gasteiger partial charge in [0, 0.05) is 24.1 Å². The van der Waals surface area contributed by atoms with E-state index in [0.717, 1.165) is 11.1 Å². The van der Waals surface area contributed by atoms with Gasteiger partial charge in [-0.1, -0.05) is 23.8 Å². The minimum Gasteiger partial charge on any atom is -0.326 e. The molecule has 0 radical (unpaired) electrons. The minimum atomic E-state index is -0.358. The maximum Gasteiger partial charge on any atom is 0.224 e. The molecular formula is C18H18FNO2. The first-order valence-corrected chi connectivity index (χ1v) is 7.11. The lowest BCUT2D eigenvalue weighted by Crippen LogP contribution is -2.14. The molecule has 2 rings (SSSR count). The number of hydrogen-bond acceptors (Lipinski definition) is 2. The molecule has 0 aliphatic carbocycles. The van der Waals surface area contributed by atoms with Gasteiger partial charge in [0.1, 0.15) is 5.82 Å². The molecular weight excluding hydrogens is 281 g/mol. The van der Waals surface area contributed by atoms with Crippen LogP contribution in [-0.4, -0.2) is 11.7 Å². The third-order valence-electron chi connectivity index (χ3n) is 3.39. The summed E-state index contributed by atoms with van der Waals surface area (Å²) in [4.78, 5) is 24.0. The Morgan fingerprint density at radius 3 is 2.32 bits per heavy atom. The lowest BCUT2D eigenvalue weighted by Gasteiger charge is -2.07. The van der Waals surface area contributed by atoms with Crippen LogP contribution in [0, 0.1) is 19.7 Å². The number of rotatable bonds is 5. The number of ketones is 1. The molecule has 0 unspecified atom stereocenters. The summed E-state index contributed by atoms with van der Waals surface area (Å²) in [5, 5.41) is 2.64. The number of anilines is 1. The van der Waals surface area contributed by atoms with Gasteiger partial charge in [0.05, 0.1) is 0 Å². The van der Waals surface area contributed by atoms with E-state index in [0.29, 0.717) is 11.3 Å².